The Morgan fingerprint density at radius 3 is 1.15 bits per heavy atom. The monoisotopic (exact) mass is 280 g/mol. The van der Waals surface area contributed by atoms with Crippen LogP contribution in [0.15, 0.2) is 30.8 Å². The second-order valence-corrected chi connectivity index (χ2v) is 2.91. The largest absolute Gasteiger partial charge is 0.295 e. The molecule has 0 saturated heterocycles. The summed E-state index contributed by atoms with van der Waals surface area (Å²) in [6, 6.07) is 7.48. The Bertz CT molecular complexity index is 274. The Kier molecular flexibility index (Phi) is 30.8. The molecule has 0 aliphatic carbocycles. The number of carbonyl (C=O) groups excluding carboxylic acids is 1. The maximum atomic E-state index is 10.9. The first kappa shape index (κ1) is 27.1. The van der Waals surface area contributed by atoms with E-state index in [1.165, 1.54) is 0 Å². The number of carbonyl (C=O) groups is 1. The van der Waals surface area contributed by atoms with Crippen LogP contribution in [0.4, 0.5) is 0 Å². The summed E-state index contributed by atoms with van der Waals surface area (Å²) < 4.78 is 0. The molecule has 1 heteroatoms. The molecule has 0 spiro atoms. The van der Waals surface area contributed by atoms with E-state index in [2.05, 4.69) is 6.58 Å². The lowest BCUT2D eigenvalue weighted by Gasteiger charge is -1.99. The average molecular weight is 280 g/mol. The van der Waals surface area contributed by atoms with Crippen molar-refractivity contribution in [3.05, 3.63) is 42.0 Å². The molecule has 0 unspecified atom stereocenters. The van der Waals surface area contributed by atoms with Crippen LogP contribution < -0.4 is 0 Å². The van der Waals surface area contributed by atoms with Crippen LogP contribution in [-0.2, 0) is 0 Å². The van der Waals surface area contributed by atoms with Gasteiger partial charge in [0.2, 0.25) is 0 Å². The van der Waals surface area contributed by atoms with Crippen LogP contribution in [0.2, 0.25) is 0 Å². The lowest BCUT2D eigenvalue weighted by molar-refractivity contribution is 0.101. The third-order valence-electron chi connectivity index (χ3n) is 1.78. The highest BCUT2D eigenvalue weighted by Crippen LogP contribution is 2.12. The molecule has 1 aromatic rings. The molecule has 20 heavy (non-hydrogen) atoms. The van der Waals surface area contributed by atoms with Gasteiger partial charge >= 0.3 is 0 Å². The quantitative estimate of drug-likeness (QED) is 0.531. The molecule has 1 aromatic carbocycles. The SMILES string of the molecule is C=C(C)c1ccc(C(C)=O)cc1.CC.CC.CC.CC. The Balaban J connectivity index is -0.000000138. The normalized spacial score (nSPS) is 6.90. The third kappa shape index (κ3) is 14.7. The molecule has 1 rings (SSSR count). The second kappa shape index (κ2) is 22.8. The van der Waals surface area contributed by atoms with Gasteiger partial charge in [-0.2, -0.15) is 0 Å². The Morgan fingerprint density at radius 2 is 0.950 bits per heavy atom. The second-order valence-electron chi connectivity index (χ2n) is 2.91. The summed E-state index contributed by atoms with van der Waals surface area (Å²) in [7, 11) is 0. The van der Waals surface area contributed by atoms with Crippen LogP contribution in [0.5, 0.6) is 0 Å². The van der Waals surface area contributed by atoms with Gasteiger partial charge in [0.05, 0.1) is 0 Å². The van der Waals surface area contributed by atoms with Crippen molar-refractivity contribution in [3.63, 3.8) is 0 Å². The van der Waals surface area contributed by atoms with E-state index in [0.29, 0.717) is 0 Å². The maximum Gasteiger partial charge on any atom is 0.159 e. The Hall–Kier alpha value is -1.37. The van der Waals surface area contributed by atoms with Gasteiger partial charge in [0.15, 0.2) is 5.78 Å². The van der Waals surface area contributed by atoms with E-state index in [1.54, 1.807) is 6.92 Å². The van der Waals surface area contributed by atoms with Crippen LogP contribution in [0.1, 0.15) is 85.2 Å². The number of benzene rings is 1. The molecule has 0 bridgehead atoms. The highest BCUT2D eigenvalue weighted by atomic mass is 16.1. The third-order valence-corrected chi connectivity index (χ3v) is 1.78. The summed E-state index contributed by atoms with van der Waals surface area (Å²) in [6.07, 6.45) is 0. The van der Waals surface area contributed by atoms with Crippen molar-refractivity contribution in [2.24, 2.45) is 0 Å². The molecule has 0 amide bonds. The van der Waals surface area contributed by atoms with Gasteiger partial charge in [0, 0.05) is 5.56 Å². The van der Waals surface area contributed by atoms with E-state index in [0.717, 1.165) is 16.7 Å². The first-order valence-corrected chi connectivity index (χ1v) is 7.88. The molecular weight excluding hydrogens is 244 g/mol. The minimum Gasteiger partial charge on any atom is -0.295 e. The number of rotatable bonds is 2. The molecule has 0 aliphatic heterocycles. The van der Waals surface area contributed by atoms with Gasteiger partial charge in [0.25, 0.3) is 0 Å². The summed E-state index contributed by atoms with van der Waals surface area (Å²) in [4.78, 5) is 10.9. The summed E-state index contributed by atoms with van der Waals surface area (Å²) in [5.41, 5.74) is 2.85. The highest BCUT2D eigenvalue weighted by Gasteiger charge is 1.98. The van der Waals surface area contributed by atoms with Crippen LogP contribution in [0.3, 0.4) is 0 Å². The van der Waals surface area contributed by atoms with Crippen LogP contribution in [0.25, 0.3) is 5.57 Å². The van der Waals surface area contributed by atoms with Crippen LogP contribution in [-0.4, -0.2) is 5.78 Å². The van der Waals surface area contributed by atoms with Crippen molar-refractivity contribution < 1.29 is 4.79 Å². The van der Waals surface area contributed by atoms with Crippen molar-refractivity contribution in [2.45, 2.75) is 69.2 Å². The number of Topliss-reactive ketones (excluding diaryl/α,β-unsaturated/α-hetero) is 1. The Morgan fingerprint density at radius 1 is 0.700 bits per heavy atom. The lowest BCUT2D eigenvalue weighted by Crippen LogP contribution is -1.91. The predicted octanol–water partition coefficient (Wildman–Crippen LogP) is 7.03. The molecule has 0 N–H and O–H groups in total. The molecule has 1 nitrogen and oxygen atoms in total. The standard InChI is InChI=1S/C11H12O.4C2H6/c1-8(2)10-4-6-11(7-5-10)9(3)12;4*1-2/h4-7H,1H2,2-3H3;4*1-2H3. The zero-order valence-electron chi connectivity index (χ0n) is 15.4. The molecule has 0 radical (unpaired) electrons. The molecule has 0 fully saturated rings. The number of ketones is 1. The predicted molar refractivity (Wildman–Crippen MR) is 96.5 cm³/mol. The van der Waals surface area contributed by atoms with Gasteiger partial charge in [-0.05, 0) is 19.4 Å². The number of allylic oxidation sites excluding steroid dienone is 1. The van der Waals surface area contributed by atoms with Gasteiger partial charge in [-0.25, -0.2) is 0 Å². The maximum absolute atomic E-state index is 10.9. The smallest absolute Gasteiger partial charge is 0.159 e. The topological polar surface area (TPSA) is 17.1 Å². The van der Waals surface area contributed by atoms with Crippen LogP contribution >= 0.6 is 0 Å². The van der Waals surface area contributed by atoms with E-state index < -0.39 is 0 Å². The summed E-state index contributed by atoms with van der Waals surface area (Å²) >= 11 is 0. The molecule has 0 aliphatic rings. The van der Waals surface area contributed by atoms with Crippen molar-refractivity contribution in [3.8, 4) is 0 Å². The first-order valence-electron chi connectivity index (χ1n) is 7.88. The molecular formula is C19H36O. The van der Waals surface area contributed by atoms with E-state index in [-0.39, 0.29) is 5.78 Å². The van der Waals surface area contributed by atoms with E-state index in [4.69, 9.17) is 0 Å². The molecule has 0 saturated carbocycles. The number of hydrogen-bond donors (Lipinski definition) is 0. The van der Waals surface area contributed by atoms with Gasteiger partial charge in [-0.3, -0.25) is 4.79 Å². The van der Waals surface area contributed by atoms with E-state index in [9.17, 15) is 4.79 Å². The van der Waals surface area contributed by atoms with Gasteiger partial charge in [-0.1, -0.05) is 91.8 Å². The van der Waals surface area contributed by atoms with Crippen molar-refractivity contribution in [1.82, 2.24) is 0 Å². The zero-order valence-corrected chi connectivity index (χ0v) is 15.4. The molecule has 0 heterocycles. The first-order chi connectivity index (χ1) is 9.61. The Labute approximate surface area is 128 Å². The molecule has 0 atom stereocenters. The van der Waals surface area contributed by atoms with E-state index >= 15 is 0 Å². The lowest BCUT2D eigenvalue weighted by atomic mass is 10.1. The van der Waals surface area contributed by atoms with Gasteiger partial charge < -0.3 is 0 Å². The minimum atomic E-state index is 0.100. The fourth-order valence-corrected chi connectivity index (χ4v) is 0.989. The summed E-state index contributed by atoms with van der Waals surface area (Å²) in [5.74, 6) is 0.100. The fraction of sp³-hybridized carbons (Fsp3) is 0.526. The minimum absolute atomic E-state index is 0.100. The van der Waals surface area contributed by atoms with Crippen molar-refractivity contribution in [1.29, 1.82) is 0 Å². The number of hydrogen-bond acceptors (Lipinski definition) is 1. The molecule has 118 valence electrons. The van der Waals surface area contributed by atoms with Gasteiger partial charge in [0.1, 0.15) is 0 Å². The van der Waals surface area contributed by atoms with Crippen LogP contribution in [0, 0.1) is 0 Å². The highest BCUT2D eigenvalue weighted by molar-refractivity contribution is 5.94. The summed E-state index contributed by atoms with van der Waals surface area (Å²) in [5, 5.41) is 0. The summed E-state index contributed by atoms with van der Waals surface area (Å²) in [6.45, 7) is 23.3. The fourth-order valence-electron chi connectivity index (χ4n) is 0.989. The van der Waals surface area contributed by atoms with Crippen molar-refractivity contribution in [2.75, 3.05) is 0 Å². The van der Waals surface area contributed by atoms with Crippen molar-refractivity contribution >= 4 is 11.4 Å². The average Bonchev–Trinajstić information content (AvgIpc) is 2.55. The zero-order chi connectivity index (χ0) is 17.1. The molecule has 0 aromatic heterocycles. The van der Waals surface area contributed by atoms with Gasteiger partial charge in [-0.15, -0.1) is 0 Å². The van der Waals surface area contributed by atoms with E-state index in [1.807, 2.05) is 86.6 Å².